The van der Waals surface area contributed by atoms with Crippen molar-refractivity contribution in [3.63, 3.8) is 0 Å². The van der Waals surface area contributed by atoms with Crippen LogP contribution < -0.4 is 5.32 Å². The van der Waals surface area contributed by atoms with Crippen LogP contribution in [0.25, 0.3) is 11.3 Å². The van der Waals surface area contributed by atoms with E-state index in [2.05, 4.69) is 20.1 Å². The van der Waals surface area contributed by atoms with Crippen LogP contribution in [0.5, 0.6) is 0 Å². The summed E-state index contributed by atoms with van der Waals surface area (Å²) in [5.41, 5.74) is 2.74. The van der Waals surface area contributed by atoms with Gasteiger partial charge >= 0.3 is 0 Å². The zero-order chi connectivity index (χ0) is 20.9. The van der Waals surface area contributed by atoms with E-state index in [4.69, 9.17) is 0 Å². The van der Waals surface area contributed by atoms with E-state index in [1.807, 2.05) is 41.5 Å². The van der Waals surface area contributed by atoms with Crippen molar-refractivity contribution in [3.05, 3.63) is 34.7 Å². The zero-order valence-electron chi connectivity index (χ0n) is 17.5. The lowest BCUT2D eigenvalue weighted by Gasteiger charge is -2.34. The quantitative estimate of drug-likeness (QED) is 0.766. The Bertz CT molecular complexity index is 885. The molecule has 0 spiro atoms. The van der Waals surface area contributed by atoms with Crippen molar-refractivity contribution in [2.75, 3.05) is 57.7 Å². The molecule has 0 radical (unpaired) electrons. The van der Waals surface area contributed by atoms with Gasteiger partial charge in [0.05, 0.1) is 23.8 Å². The maximum Gasteiger partial charge on any atom is 0.238 e. The summed E-state index contributed by atoms with van der Waals surface area (Å²) in [5, 5.41) is 6.07. The Morgan fingerprint density at radius 1 is 1.03 bits per heavy atom. The highest BCUT2D eigenvalue weighted by molar-refractivity contribution is 7.09. The van der Waals surface area contributed by atoms with Crippen molar-refractivity contribution in [1.82, 2.24) is 19.7 Å². The number of nitrogens with one attached hydrogen (secondary N) is 1. The second kappa shape index (κ2) is 9.68. The number of hydrogen-bond acceptors (Lipinski definition) is 6. The molecule has 1 aromatic heterocycles. The highest BCUT2D eigenvalue weighted by atomic mass is 32.1. The summed E-state index contributed by atoms with van der Waals surface area (Å²) in [6, 6.07) is 7.82. The number of amides is 2. The number of anilines is 1. The number of nitrogens with zero attached hydrogens (tertiary/aromatic N) is 4. The molecule has 2 saturated heterocycles. The minimum absolute atomic E-state index is 0.0109. The lowest BCUT2D eigenvalue weighted by atomic mass is 10.1. The van der Waals surface area contributed by atoms with Gasteiger partial charge in [-0.25, -0.2) is 4.98 Å². The molecule has 4 rings (SSSR count). The molecule has 160 valence electrons. The molecule has 1 N–H and O–H groups in total. The third kappa shape index (κ3) is 5.44. The van der Waals surface area contributed by atoms with E-state index in [-0.39, 0.29) is 11.8 Å². The average Bonchev–Trinajstić information content (AvgIpc) is 3.42. The minimum atomic E-state index is -0.0109. The van der Waals surface area contributed by atoms with E-state index in [1.54, 1.807) is 11.3 Å². The highest BCUT2D eigenvalue weighted by Crippen LogP contribution is 2.24. The number of aryl methyl sites for hydroxylation is 1. The molecule has 0 unspecified atom stereocenters. The molecule has 2 aliphatic heterocycles. The molecule has 1 aromatic carbocycles. The number of thiazole rings is 1. The van der Waals surface area contributed by atoms with Gasteiger partial charge in [-0.15, -0.1) is 11.3 Å². The van der Waals surface area contributed by atoms with Gasteiger partial charge in [-0.1, -0.05) is 12.1 Å². The van der Waals surface area contributed by atoms with E-state index in [0.29, 0.717) is 13.1 Å². The molecule has 2 fully saturated rings. The van der Waals surface area contributed by atoms with E-state index >= 15 is 0 Å². The normalized spacial score (nSPS) is 18.0. The van der Waals surface area contributed by atoms with Crippen LogP contribution in [-0.4, -0.2) is 83.9 Å². The van der Waals surface area contributed by atoms with Crippen molar-refractivity contribution in [2.45, 2.75) is 19.8 Å². The predicted molar refractivity (Wildman–Crippen MR) is 120 cm³/mol. The molecular formula is C22H29N5O2S. The Morgan fingerprint density at radius 2 is 1.73 bits per heavy atom. The van der Waals surface area contributed by atoms with Gasteiger partial charge in [-0.05, 0) is 31.9 Å². The largest absolute Gasteiger partial charge is 0.342 e. The Balaban J connectivity index is 1.23. The monoisotopic (exact) mass is 427 g/mol. The molecule has 2 aliphatic rings. The van der Waals surface area contributed by atoms with Gasteiger partial charge in [0.2, 0.25) is 11.8 Å². The van der Waals surface area contributed by atoms with Gasteiger partial charge in [0, 0.05) is 55.9 Å². The van der Waals surface area contributed by atoms with Crippen LogP contribution in [0.1, 0.15) is 17.8 Å². The average molecular weight is 428 g/mol. The van der Waals surface area contributed by atoms with Crippen molar-refractivity contribution < 1.29 is 9.59 Å². The lowest BCUT2D eigenvalue weighted by Crippen LogP contribution is -2.51. The molecule has 0 bridgehead atoms. The molecule has 0 atom stereocenters. The van der Waals surface area contributed by atoms with Gasteiger partial charge in [-0.2, -0.15) is 0 Å². The topological polar surface area (TPSA) is 68.8 Å². The second-order valence-electron chi connectivity index (χ2n) is 8.02. The minimum Gasteiger partial charge on any atom is -0.342 e. The molecule has 8 heteroatoms. The smallest absolute Gasteiger partial charge is 0.238 e. The number of likely N-dealkylation sites (tertiary alicyclic amines) is 1. The second-order valence-corrected chi connectivity index (χ2v) is 9.08. The lowest BCUT2D eigenvalue weighted by molar-refractivity contribution is -0.132. The van der Waals surface area contributed by atoms with Crippen LogP contribution in [0.15, 0.2) is 29.6 Å². The molecule has 2 aromatic rings. The fraction of sp³-hybridized carbons (Fsp3) is 0.500. The van der Waals surface area contributed by atoms with Gasteiger partial charge in [0.25, 0.3) is 0 Å². The van der Waals surface area contributed by atoms with E-state index in [1.165, 1.54) is 0 Å². The highest BCUT2D eigenvalue weighted by Gasteiger charge is 2.24. The summed E-state index contributed by atoms with van der Waals surface area (Å²) in [6.07, 6.45) is 2.25. The maximum atomic E-state index is 12.5. The summed E-state index contributed by atoms with van der Waals surface area (Å²) >= 11 is 1.62. The van der Waals surface area contributed by atoms with Crippen LogP contribution in [0.3, 0.4) is 0 Å². The van der Waals surface area contributed by atoms with Gasteiger partial charge in [0.15, 0.2) is 0 Å². The van der Waals surface area contributed by atoms with Crippen LogP contribution in [0.4, 0.5) is 5.69 Å². The standard InChI is InChI=1S/C22H29N5O2S/c1-17-23-20(16-30-17)18-5-4-6-19(13-18)24-21(28)14-25-9-11-26(12-10-25)15-22(29)27-7-2-3-8-27/h4-6,13,16H,2-3,7-12,14-15H2,1H3,(H,24,28). The molecule has 0 saturated carbocycles. The summed E-state index contributed by atoms with van der Waals surface area (Å²) in [5.74, 6) is 0.233. The van der Waals surface area contributed by atoms with Crippen molar-refractivity contribution in [2.24, 2.45) is 0 Å². The Hall–Kier alpha value is -2.29. The number of aromatic nitrogens is 1. The molecule has 30 heavy (non-hydrogen) atoms. The first-order valence-corrected chi connectivity index (χ1v) is 11.5. The first-order chi connectivity index (χ1) is 14.6. The van der Waals surface area contributed by atoms with E-state index in [9.17, 15) is 9.59 Å². The summed E-state index contributed by atoms with van der Waals surface area (Å²) < 4.78 is 0. The third-order valence-electron chi connectivity index (χ3n) is 5.71. The first-order valence-electron chi connectivity index (χ1n) is 10.6. The number of hydrogen-bond donors (Lipinski definition) is 1. The number of carbonyl (C=O) groups is 2. The summed E-state index contributed by atoms with van der Waals surface area (Å²) in [4.78, 5) is 35.7. The molecule has 3 heterocycles. The van der Waals surface area contributed by atoms with Gasteiger partial charge < -0.3 is 10.2 Å². The molecule has 7 nitrogen and oxygen atoms in total. The Labute approximate surface area is 181 Å². The Kier molecular flexibility index (Phi) is 6.76. The number of carbonyl (C=O) groups excluding carboxylic acids is 2. The first kappa shape index (κ1) is 21.0. The summed E-state index contributed by atoms with van der Waals surface area (Å²) in [6.45, 7) is 7.93. The third-order valence-corrected chi connectivity index (χ3v) is 6.48. The Morgan fingerprint density at radius 3 is 2.40 bits per heavy atom. The molecule has 0 aliphatic carbocycles. The van der Waals surface area contributed by atoms with Crippen molar-refractivity contribution in [1.29, 1.82) is 0 Å². The van der Waals surface area contributed by atoms with Crippen molar-refractivity contribution >= 4 is 28.8 Å². The van der Waals surface area contributed by atoms with E-state index in [0.717, 1.165) is 74.1 Å². The van der Waals surface area contributed by atoms with E-state index < -0.39 is 0 Å². The van der Waals surface area contributed by atoms with Gasteiger partial charge in [0.1, 0.15) is 0 Å². The SMILES string of the molecule is Cc1nc(-c2cccc(NC(=O)CN3CCN(CC(=O)N4CCCC4)CC3)c2)cs1. The predicted octanol–water partition coefficient (Wildman–Crippen LogP) is 2.30. The zero-order valence-corrected chi connectivity index (χ0v) is 18.3. The van der Waals surface area contributed by atoms with Crippen molar-refractivity contribution in [3.8, 4) is 11.3 Å². The number of rotatable bonds is 6. The van der Waals surface area contributed by atoms with Crippen LogP contribution >= 0.6 is 11.3 Å². The maximum absolute atomic E-state index is 12.5. The van der Waals surface area contributed by atoms with Gasteiger partial charge in [-0.3, -0.25) is 19.4 Å². The molecule has 2 amide bonds. The van der Waals surface area contributed by atoms with Crippen LogP contribution in [0, 0.1) is 6.92 Å². The summed E-state index contributed by atoms with van der Waals surface area (Å²) in [7, 11) is 0. The van der Waals surface area contributed by atoms with Crippen LogP contribution in [0.2, 0.25) is 0 Å². The number of piperazine rings is 1. The van der Waals surface area contributed by atoms with Crippen LogP contribution in [-0.2, 0) is 9.59 Å². The number of benzene rings is 1. The fourth-order valence-corrected chi connectivity index (χ4v) is 4.64. The molecular weight excluding hydrogens is 398 g/mol. The fourth-order valence-electron chi connectivity index (χ4n) is 4.02.